The maximum absolute atomic E-state index is 12.6. The highest BCUT2D eigenvalue weighted by molar-refractivity contribution is 7.09. The van der Waals surface area contributed by atoms with Crippen LogP contribution in [0.1, 0.15) is 59.1 Å². The second-order valence-electron chi connectivity index (χ2n) is 5.37. The summed E-state index contributed by atoms with van der Waals surface area (Å²) in [6, 6.07) is -0.679. The number of aliphatic carboxylic acids is 1. The summed E-state index contributed by atoms with van der Waals surface area (Å²) in [5, 5.41) is 14.1. The Balaban J connectivity index is 2.27. The van der Waals surface area contributed by atoms with Crippen LogP contribution in [0.2, 0.25) is 0 Å². The van der Waals surface area contributed by atoms with Crippen molar-refractivity contribution >= 4 is 23.2 Å². The van der Waals surface area contributed by atoms with Crippen LogP contribution in [-0.4, -0.2) is 31.9 Å². The quantitative estimate of drug-likeness (QED) is 0.840. The number of aryl methyl sites for hydroxylation is 1. The average Bonchev–Trinajstić information content (AvgIpc) is 2.99. The Hall–Kier alpha value is -2.35. The molecule has 0 aromatic carbocycles. The average molecular weight is 334 g/mol. The fourth-order valence-corrected chi connectivity index (χ4v) is 2.81. The Kier molecular flexibility index (Phi) is 5.38. The first-order valence-electron chi connectivity index (χ1n) is 7.14. The second-order valence-corrected chi connectivity index (χ2v) is 6.29. The van der Waals surface area contributed by atoms with Crippen molar-refractivity contribution in [1.82, 2.24) is 20.3 Å². The number of hydrogen-bond acceptors (Lipinski definition) is 6. The van der Waals surface area contributed by atoms with Crippen LogP contribution >= 0.6 is 11.3 Å². The Bertz CT molecular complexity index is 701. The van der Waals surface area contributed by atoms with Gasteiger partial charge in [-0.1, -0.05) is 13.8 Å². The third-order valence-corrected chi connectivity index (χ3v) is 4.05. The van der Waals surface area contributed by atoms with E-state index in [0.717, 1.165) is 0 Å². The number of thiazole rings is 1. The molecule has 0 saturated heterocycles. The number of carbonyl (C=O) groups is 2. The standard InChI is InChI=1S/C15H18N4O3S/c1-8(2)13-10(7-17-9(3)18-13)14(22)19-11(6-12(20)21)15-16-4-5-23-15/h4-5,7-8,11H,6H2,1-3H3,(H,19,22)(H,20,21). The van der Waals surface area contributed by atoms with E-state index >= 15 is 0 Å². The van der Waals surface area contributed by atoms with Gasteiger partial charge in [0.1, 0.15) is 10.8 Å². The molecule has 23 heavy (non-hydrogen) atoms. The molecule has 7 nitrogen and oxygen atoms in total. The van der Waals surface area contributed by atoms with Gasteiger partial charge in [0.2, 0.25) is 0 Å². The van der Waals surface area contributed by atoms with Crippen LogP contribution in [0.4, 0.5) is 0 Å². The van der Waals surface area contributed by atoms with E-state index in [1.54, 1.807) is 18.5 Å². The molecule has 2 rings (SSSR count). The number of rotatable bonds is 6. The first-order chi connectivity index (χ1) is 10.9. The molecule has 0 bridgehead atoms. The summed E-state index contributed by atoms with van der Waals surface area (Å²) in [7, 11) is 0. The summed E-state index contributed by atoms with van der Waals surface area (Å²) in [5.74, 6) is -0.757. The molecule has 0 saturated carbocycles. The monoisotopic (exact) mass is 334 g/mol. The summed E-state index contributed by atoms with van der Waals surface area (Å²) in [6.07, 6.45) is 2.82. The molecule has 2 aromatic heterocycles. The predicted molar refractivity (Wildman–Crippen MR) is 85.4 cm³/mol. The Morgan fingerprint density at radius 3 is 2.65 bits per heavy atom. The lowest BCUT2D eigenvalue weighted by Gasteiger charge is -2.17. The van der Waals surface area contributed by atoms with Gasteiger partial charge in [-0.2, -0.15) is 0 Å². The van der Waals surface area contributed by atoms with Crippen LogP contribution in [0.15, 0.2) is 17.8 Å². The van der Waals surface area contributed by atoms with E-state index in [9.17, 15) is 9.59 Å². The number of carboxylic acid groups (broad SMARTS) is 1. The van der Waals surface area contributed by atoms with Gasteiger partial charge >= 0.3 is 5.97 Å². The molecule has 0 aliphatic carbocycles. The van der Waals surface area contributed by atoms with Crippen LogP contribution in [0.25, 0.3) is 0 Å². The normalized spacial score (nSPS) is 12.2. The smallest absolute Gasteiger partial charge is 0.305 e. The van der Waals surface area contributed by atoms with Gasteiger partial charge in [-0.15, -0.1) is 11.3 Å². The van der Waals surface area contributed by atoms with Crippen LogP contribution in [-0.2, 0) is 4.79 Å². The number of nitrogens with one attached hydrogen (secondary N) is 1. The molecular weight excluding hydrogens is 316 g/mol. The number of amides is 1. The number of nitrogens with zero attached hydrogens (tertiary/aromatic N) is 3. The van der Waals surface area contributed by atoms with Crippen molar-refractivity contribution in [2.45, 2.75) is 39.2 Å². The highest BCUT2D eigenvalue weighted by Gasteiger charge is 2.23. The van der Waals surface area contributed by atoms with Gasteiger partial charge in [0.15, 0.2) is 0 Å². The Labute approximate surface area is 137 Å². The number of carbonyl (C=O) groups excluding carboxylic acids is 1. The number of carboxylic acids is 1. The van der Waals surface area contributed by atoms with Gasteiger partial charge in [0.25, 0.3) is 5.91 Å². The fraction of sp³-hybridized carbons (Fsp3) is 0.400. The highest BCUT2D eigenvalue weighted by atomic mass is 32.1. The molecule has 2 N–H and O–H groups in total. The van der Waals surface area contributed by atoms with Crippen molar-refractivity contribution in [1.29, 1.82) is 0 Å². The van der Waals surface area contributed by atoms with E-state index in [1.807, 2.05) is 13.8 Å². The van der Waals surface area contributed by atoms with Gasteiger partial charge in [0, 0.05) is 17.8 Å². The topological polar surface area (TPSA) is 105 Å². The molecule has 1 unspecified atom stereocenters. The third kappa shape index (κ3) is 4.32. The summed E-state index contributed by atoms with van der Waals surface area (Å²) in [5.41, 5.74) is 1.00. The highest BCUT2D eigenvalue weighted by Crippen LogP contribution is 2.22. The van der Waals surface area contributed by atoms with Gasteiger partial charge < -0.3 is 10.4 Å². The molecular formula is C15H18N4O3S. The molecule has 0 fully saturated rings. The van der Waals surface area contributed by atoms with Gasteiger partial charge in [-0.3, -0.25) is 9.59 Å². The van der Waals surface area contributed by atoms with Gasteiger partial charge in [-0.05, 0) is 12.8 Å². The molecule has 0 spiro atoms. The Morgan fingerprint density at radius 1 is 1.35 bits per heavy atom. The summed E-state index contributed by atoms with van der Waals surface area (Å²) in [4.78, 5) is 36.1. The minimum atomic E-state index is -1.00. The third-order valence-electron chi connectivity index (χ3n) is 3.16. The van der Waals surface area contributed by atoms with Crippen molar-refractivity contribution in [2.24, 2.45) is 0 Å². The van der Waals surface area contributed by atoms with E-state index in [0.29, 0.717) is 22.1 Å². The van der Waals surface area contributed by atoms with E-state index in [4.69, 9.17) is 5.11 Å². The van der Waals surface area contributed by atoms with Crippen LogP contribution in [0, 0.1) is 6.92 Å². The van der Waals surface area contributed by atoms with E-state index in [1.165, 1.54) is 17.5 Å². The second kappa shape index (κ2) is 7.28. The van der Waals surface area contributed by atoms with Crippen LogP contribution < -0.4 is 5.32 Å². The molecule has 2 aromatic rings. The molecule has 1 atom stereocenters. The van der Waals surface area contributed by atoms with Gasteiger partial charge in [-0.25, -0.2) is 15.0 Å². The molecule has 0 aliphatic rings. The predicted octanol–water partition coefficient (Wildman–Crippen LogP) is 2.31. The molecule has 1 amide bonds. The van der Waals surface area contributed by atoms with Crippen LogP contribution in [0.3, 0.4) is 0 Å². The van der Waals surface area contributed by atoms with Crippen molar-refractivity contribution in [3.8, 4) is 0 Å². The van der Waals surface area contributed by atoms with Crippen molar-refractivity contribution in [3.63, 3.8) is 0 Å². The van der Waals surface area contributed by atoms with E-state index in [-0.39, 0.29) is 12.3 Å². The lowest BCUT2D eigenvalue weighted by atomic mass is 10.0. The van der Waals surface area contributed by atoms with Crippen molar-refractivity contribution in [2.75, 3.05) is 0 Å². The maximum atomic E-state index is 12.6. The number of aromatic nitrogens is 3. The molecule has 0 aliphatic heterocycles. The molecule has 8 heteroatoms. The molecule has 122 valence electrons. The van der Waals surface area contributed by atoms with E-state index in [2.05, 4.69) is 20.3 Å². The minimum absolute atomic E-state index is 0.0511. The maximum Gasteiger partial charge on any atom is 0.305 e. The SMILES string of the molecule is Cc1ncc(C(=O)NC(CC(=O)O)c2nccs2)c(C(C)C)n1. The van der Waals surface area contributed by atoms with Gasteiger partial charge in [0.05, 0.1) is 23.7 Å². The lowest BCUT2D eigenvalue weighted by Crippen LogP contribution is -2.31. The zero-order chi connectivity index (χ0) is 17.0. The lowest BCUT2D eigenvalue weighted by molar-refractivity contribution is -0.137. The molecule has 2 heterocycles. The van der Waals surface area contributed by atoms with Crippen LogP contribution in [0.5, 0.6) is 0 Å². The van der Waals surface area contributed by atoms with Crippen molar-refractivity contribution in [3.05, 3.63) is 39.9 Å². The summed E-state index contributed by atoms with van der Waals surface area (Å²) >= 11 is 1.30. The number of hydrogen-bond donors (Lipinski definition) is 2. The molecule has 0 radical (unpaired) electrons. The zero-order valence-corrected chi connectivity index (χ0v) is 13.9. The summed E-state index contributed by atoms with van der Waals surface area (Å²) in [6.45, 7) is 5.64. The zero-order valence-electron chi connectivity index (χ0n) is 13.1. The minimum Gasteiger partial charge on any atom is -0.481 e. The largest absolute Gasteiger partial charge is 0.481 e. The van der Waals surface area contributed by atoms with E-state index < -0.39 is 17.9 Å². The van der Waals surface area contributed by atoms with Crippen molar-refractivity contribution < 1.29 is 14.7 Å². The summed E-state index contributed by atoms with van der Waals surface area (Å²) < 4.78 is 0. The first-order valence-corrected chi connectivity index (χ1v) is 8.02. The first kappa shape index (κ1) is 17.0. The fourth-order valence-electron chi connectivity index (χ4n) is 2.12. The Morgan fingerprint density at radius 2 is 2.09 bits per heavy atom.